The fourth-order valence-corrected chi connectivity index (χ4v) is 4.08. The Hall–Kier alpha value is -1.06. The highest BCUT2D eigenvalue weighted by molar-refractivity contribution is 5.69. The maximum atomic E-state index is 12.2. The Bertz CT molecular complexity index is 470. The molecule has 0 rings (SSSR count). The number of ether oxygens (including phenoxy) is 2. The molecule has 0 aromatic heterocycles. The summed E-state index contributed by atoms with van der Waals surface area (Å²) in [6.07, 6.45) is 15.6. The molecule has 0 amide bonds. The van der Waals surface area contributed by atoms with E-state index in [2.05, 4.69) is 41.5 Å². The lowest BCUT2D eigenvalue weighted by Gasteiger charge is -2.20. The molecule has 0 aromatic carbocycles. The lowest BCUT2D eigenvalue weighted by Crippen LogP contribution is -2.17. The van der Waals surface area contributed by atoms with Crippen molar-refractivity contribution in [2.45, 2.75) is 138 Å². The van der Waals surface area contributed by atoms with Crippen LogP contribution in [0.3, 0.4) is 0 Å². The number of carbonyl (C=O) groups excluding carboxylic acids is 2. The van der Waals surface area contributed by atoms with Gasteiger partial charge >= 0.3 is 11.9 Å². The Labute approximate surface area is 206 Å². The molecule has 0 N–H and O–H groups in total. The molecule has 0 aliphatic heterocycles. The average molecular weight is 469 g/mol. The first-order valence-corrected chi connectivity index (χ1v) is 14.0. The SMILES string of the molecule is CC(C)CCCCOC(=O)CCCCCCCCC(CC(=O)OCCCCC(C)C)C(C)C. The van der Waals surface area contributed by atoms with Gasteiger partial charge in [-0.3, -0.25) is 9.59 Å². The van der Waals surface area contributed by atoms with Crippen molar-refractivity contribution in [3.8, 4) is 0 Å². The van der Waals surface area contributed by atoms with E-state index >= 15 is 0 Å². The fourth-order valence-electron chi connectivity index (χ4n) is 4.08. The predicted molar refractivity (Wildman–Crippen MR) is 139 cm³/mol. The highest BCUT2D eigenvalue weighted by Crippen LogP contribution is 2.23. The summed E-state index contributed by atoms with van der Waals surface area (Å²) in [7, 11) is 0. The maximum Gasteiger partial charge on any atom is 0.306 e. The third-order valence-electron chi connectivity index (χ3n) is 6.46. The van der Waals surface area contributed by atoms with Crippen molar-refractivity contribution in [1.29, 1.82) is 0 Å². The molecule has 0 fully saturated rings. The molecule has 0 radical (unpaired) electrons. The minimum absolute atomic E-state index is 0.0231. The van der Waals surface area contributed by atoms with Gasteiger partial charge in [-0.25, -0.2) is 0 Å². The second kappa shape index (κ2) is 21.5. The minimum Gasteiger partial charge on any atom is -0.466 e. The number of carbonyl (C=O) groups is 2. The van der Waals surface area contributed by atoms with Crippen molar-refractivity contribution in [1.82, 2.24) is 0 Å². The molecule has 33 heavy (non-hydrogen) atoms. The van der Waals surface area contributed by atoms with Gasteiger partial charge in [-0.15, -0.1) is 0 Å². The van der Waals surface area contributed by atoms with Crippen LogP contribution in [-0.4, -0.2) is 25.2 Å². The van der Waals surface area contributed by atoms with Crippen LogP contribution in [0.25, 0.3) is 0 Å². The zero-order valence-electron chi connectivity index (χ0n) is 23.0. The molecule has 0 saturated carbocycles. The lowest BCUT2D eigenvalue weighted by atomic mass is 9.87. The van der Waals surface area contributed by atoms with E-state index < -0.39 is 0 Å². The Morgan fingerprint density at radius 2 is 1.00 bits per heavy atom. The van der Waals surface area contributed by atoms with Crippen LogP contribution in [-0.2, 0) is 19.1 Å². The zero-order chi connectivity index (χ0) is 24.9. The molecule has 0 aliphatic rings. The number of hydrogen-bond acceptors (Lipinski definition) is 4. The summed E-state index contributed by atoms with van der Waals surface area (Å²) in [6.45, 7) is 14.5. The maximum absolute atomic E-state index is 12.2. The summed E-state index contributed by atoms with van der Waals surface area (Å²) < 4.78 is 10.8. The molecule has 1 atom stereocenters. The van der Waals surface area contributed by atoms with Crippen LogP contribution >= 0.6 is 0 Å². The van der Waals surface area contributed by atoms with E-state index in [4.69, 9.17) is 9.47 Å². The van der Waals surface area contributed by atoms with Crippen molar-refractivity contribution in [3.05, 3.63) is 0 Å². The number of unbranched alkanes of at least 4 members (excludes halogenated alkanes) is 7. The molecule has 4 heteroatoms. The first-order valence-electron chi connectivity index (χ1n) is 14.0. The number of hydrogen-bond donors (Lipinski definition) is 0. The summed E-state index contributed by atoms with van der Waals surface area (Å²) in [6, 6.07) is 0. The van der Waals surface area contributed by atoms with Crippen LogP contribution in [0.15, 0.2) is 0 Å². The van der Waals surface area contributed by atoms with Crippen molar-refractivity contribution in [2.75, 3.05) is 13.2 Å². The largest absolute Gasteiger partial charge is 0.466 e. The molecular weight excluding hydrogens is 412 g/mol. The summed E-state index contributed by atoms with van der Waals surface area (Å²) in [5.41, 5.74) is 0. The van der Waals surface area contributed by atoms with Crippen LogP contribution in [0, 0.1) is 23.7 Å². The highest BCUT2D eigenvalue weighted by atomic mass is 16.5. The third kappa shape index (κ3) is 22.5. The predicted octanol–water partition coefficient (Wildman–Crippen LogP) is 8.51. The molecule has 0 spiro atoms. The monoisotopic (exact) mass is 468 g/mol. The van der Waals surface area contributed by atoms with Crippen molar-refractivity contribution >= 4 is 11.9 Å². The normalized spacial score (nSPS) is 12.5. The van der Waals surface area contributed by atoms with Gasteiger partial charge in [0.1, 0.15) is 0 Å². The van der Waals surface area contributed by atoms with Crippen molar-refractivity contribution in [3.63, 3.8) is 0 Å². The standard InChI is InChI=1S/C29H56O4/c1-24(2)17-13-15-21-32-28(30)20-12-10-8-7-9-11-19-27(26(5)6)23-29(31)33-22-16-14-18-25(3)4/h24-27H,7-23H2,1-6H3. The average Bonchev–Trinajstić information content (AvgIpc) is 2.73. The topological polar surface area (TPSA) is 52.6 Å². The summed E-state index contributed by atoms with van der Waals surface area (Å²) >= 11 is 0. The van der Waals surface area contributed by atoms with E-state index in [1.807, 2.05) is 0 Å². The van der Waals surface area contributed by atoms with E-state index in [-0.39, 0.29) is 11.9 Å². The van der Waals surface area contributed by atoms with Gasteiger partial charge in [-0.1, -0.05) is 86.5 Å². The van der Waals surface area contributed by atoms with Gasteiger partial charge in [0, 0.05) is 12.8 Å². The van der Waals surface area contributed by atoms with Crippen LogP contribution < -0.4 is 0 Å². The Balaban J connectivity index is 3.68. The number of rotatable bonds is 22. The molecule has 4 nitrogen and oxygen atoms in total. The van der Waals surface area contributed by atoms with Gasteiger partial charge in [0.25, 0.3) is 0 Å². The van der Waals surface area contributed by atoms with Gasteiger partial charge in [0.05, 0.1) is 13.2 Å². The molecule has 0 aromatic rings. The molecule has 0 aliphatic carbocycles. The molecule has 196 valence electrons. The first-order chi connectivity index (χ1) is 15.7. The van der Waals surface area contributed by atoms with Crippen molar-refractivity contribution < 1.29 is 19.1 Å². The first kappa shape index (κ1) is 31.9. The molecule has 0 bridgehead atoms. The molecular formula is C29H56O4. The van der Waals surface area contributed by atoms with E-state index in [0.717, 1.165) is 56.8 Å². The second-order valence-electron chi connectivity index (χ2n) is 11.1. The van der Waals surface area contributed by atoms with Crippen LogP contribution in [0.5, 0.6) is 0 Å². The van der Waals surface area contributed by atoms with Crippen LogP contribution in [0.1, 0.15) is 138 Å². The molecule has 1 unspecified atom stereocenters. The smallest absolute Gasteiger partial charge is 0.306 e. The fraction of sp³-hybridized carbons (Fsp3) is 0.931. The third-order valence-corrected chi connectivity index (χ3v) is 6.46. The summed E-state index contributed by atoms with van der Waals surface area (Å²) in [4.78, 5) is 23.9. The van der Waals surface area contributed by atoms with Crippen LogP contribution in [0.2, 0.25) is 0 Å². The zero-order valence-corrected chi connectivity index (χ0v) is 23.0. The lowest BCUT2D eigenvalue weighted by molar-refractivity contribution is -0.145. The van der Waals surface area contributed by atoms with Crippen molar-refractivity contribution in [2.24, 2.45) is 23.7 Å². The van der Waals surface area contributed by atoms with Crippen LogP contribution in [0.4, 0.5) is 0 Å². The molecule has 0 heterocycles. The van der Waals surface area contributed by atoms with Gasteiger partial charge in [-0.05, 0) is 62.2 Å². The molecule has 0 saturated heterocycles. The highest BCUT2D eigenvalue weighted by Gasteiger charge is 2.18. The van der Waals surface area contributed by atoms with E-state index in [0.29, 0.717) is 37.9 Å². The van der Waals surface area contributed by atoms with E-state index in [9.17, 15) is 9.59 Å². The van der Waals surface area contributed by atoms with Gasteiger partial charge in [0.2, 0.25) is 0 Å². The Morgan fingerprint density at radius 3 is 1.52 bits per heavy atom. The Morgan fingerprint density at radius 1 is 0.545 bits per heavy atom. The quantitative estimate of drug-likeness (QED) is 0.118. The number of esters is 2. The van der Waals surface area contributed by atoms with Gasteiger partial charge in [-0.2, -0.15) is 0 Å². The second-order valence-corrected chi connectivity index (χ2v) is 11.1. The Kier molecular flexibility index (Phi) is 20.8. The summed E-state index contributed by atoms with van der Waals surface area (Å²) in [5.74, 6) is 2.31. The van der Waals surface area contributed by atoms with Gasteiger partial charge < -0.3 is 9.47 Å². The van der Waals surface area contributed by atoms with Gasteiger partial charge in [0.15, 0.2) is 0 Å². The van der Waals surface area contributed by atoms with E-state index in [1.54, 1.807) is 0 Å². The minimum atomic E-state index is -0.0360. The summed E-state index contributed by atoms with van der Waals surface area (Å²) in [5, 5.41) is 0. The van der Waals surface area contributed by atoms with E-state index in [1.165, 1.54) is 38.5 Å².